The maximum Gasteiger partial charge on any atom is 0.407 e. The molecule has 1 amide bonds. The van der Waals surface area contributed by atoms with Gasteiger partial charge in [-0.25, -0.2) is 4.79 Å². The highest BCUT2D eigenvalue weighted by molar-refractivity contribution is 5.67. The molecular weight excluding hydrogens is 216 g/mol. The van der Waals surface area contributed by atoms with Crippen molar-refractivity contribution in [1.82, 2.24) is 10.2 Å². The van der Waals surface area contributed by atoms with E-state index in [2.05, 4.69) is 24.1 Å². The van der Waals surface area contributed by atoms with E-state index in [9.17, 15) is 4.79 Å². The van der Waals surface area contributed by atoms with Crippen LogP contribution in [0.25, 0.3) is 0 Å². The molecule has 1 rings (SSSR count). The molecule has 1 saturated carbocycles. The Morgan fingerprint density at radius 3 is 2.41 bits per heavy atom. The molecule has 1 atom stereocenters. The summed E-state index contributed by atoms with van der Waals surface area (Å²) in [4.78, 5) is 13.8. The second-order valence-corrected chi connectivity index (χ2v) is 5.57. The molecule has 1 aliphatic rings. The van der Waals surface area contributed by atoms with Crippen molar-refractivity contribution >= 4 is 6.09 Å². The molecule has 0 aromatic carbocycles. The maximum absolute atomic E-state index is 11.7. The number of amides is 1. The average Bonchev–Trinajstić information content (AvgIpc) is 2.68. The second kappa shape index (κ2) is 6.84. The molecule has 0 aromatic rings. The van der Waals surface area contributed by atoms with E-state index in [4.69, 9.17) is 4.74 Å². The van der Waals surface area contributed by atoms with E-state index in [1.807, 2.05) is 14.1 Å². The lowest BCUT2D eigenvalue weighted by atomic mass is 10.0. The Labute approximate surface area is 105 Å². The van der Waals surface area contributed by atoms with Gasteiger partial charge in [-0.3, -0.25) is 0 Å². The molecule has 0 heterocycles. The average molecular weight is 242 g/mol. The van der Waals surface area contributed by atoms with Crippen molar-refractivity contribution in [3.05, 3.63) is 0 Å². The van der Waals surface area contributed by atoms with Crippen LogP contribution in [0.1, 0.15) is 39.5 Å². The van der Waals surface area contributed by atoms with Crippen molar-refractivity contribution < 1.29 is 9.53 Å². The third kappa shape index (κ3) is 5.39. The van der Waals surface area contributed by atoms with Crippen LogP contribution in [0.3, 0.4) is 0 Å². The minimum atomic E-state index is -0.252. The largest absolute Gasteiger partial charge is 0.446 e. The van der Waals surface area contributed by atoms with Gasteiger partial charge in [0.25, 0.3) is 0 Å². The summed E-state index contributed by atoms with van der Waals surface area (Å²) in [5, 5.41) is 2.97. The first-order valence-corrected chi connectivity index (χ1v) is 6.61. The summed E-state index contributed by atoms with van der Waals surface area (Å²) < 4.78 is 5.40. The molecule has 17 heavy (non-hydrogen) atoms. The first-order valence-electron chi connectivity index (χ1n) is 6.61. The summed E-state index contributed by atoms with van der Waals surface area (Å²) in [6.07, 6.45) is 4.30. The minimum absolute atomic E-state index is 0.141. The van der Waals surface area contributed by atoms with Gasteiger partial charge in [-0.2, -0.15) is 0 Å². The van der Waals surface area contributed by atoms with Crippen LogP contribution in [0.2, 0.25) is 0 Å². The van der Waals surface area contributed by atoms with E-state index < -0.39 is 0 Å². The lowest BCUT2D eigenvalue weighted by Gasteiger charge is -2.26. The number of nitrogens with zero attached hydrogens (tertiary/aromatic N) is 1. The SMILES string of the molecule is CC(C)C(CN(C)C)NC(=O)OC1CCCC1. The first kappa shape index (κ1) is 14.3. The van der Waals surface area contributed by atoms with E-state index in [0.717, 1.165) is 19.4 Å². The first-order chi connectivity index (χ1) is 7.99. The van der Waals surface area contributed by atoms with Gasteiger partial charge in [0.15, 0.2) is 0 Å². The minimum Gasteiger partial charge on any atom is -0.446 e. The molecule has 1 N–H and O–H groups in total. The molecule has 0 radical (unpaired) electrons. The van der Waals surface area contributed by atoms with Gasteiger partial charge in [0.2, 0.25) is 0 Å². The van der Waals surface area contributed by atoms with E-state index in [-0.39, 0.29) is 18.2 Å². The van der Waals surface area contributed by atoms with Crippen LogP contribution in [0.4, 0.5) is 4.79 Å². The van der Waals surface area contributed by atoms with E-state index >= 15 is 0 Å². The Hall–Kier alpha value is -0.770. The van der Waals surface area contributed by atoms with Crippen LogP contribution >= 0.6 is 0 Å². The fourth-order valence-corrected chi connectivity index (χ4v) is 2.16. The summed E-state index contributed by atoms with van der Waals surface area (Å²) in [6, 6.07) is 0.152. The molecule has 0 spiro atoms. The number of nitrogens with one attached hydrogen (secondary N) is 1. The van der Waals surface area contributed by atoms with Gasteiger partial charge in [-0.05, 0) is 45.7 Å². The topological polar surface area (TPSA) is 41.6 Å². The van der Waals surface area contributed by atoms with Crippen molar-refractivity contribution in [3.8, 4) is 0 Å². The van der Waals surface area contributed by atoms with Gasteiger partial charge >= 0.3 is 6.09 Å². The lowest BCUT2D eigenvalue weighted by Crippen LogP contribution is -2.45. The predicted octanol–water partition coefficient (Wildman–Crippen LogP) is 2.24. The monoisotopic (exact) mass is 242 g/mol. The second-order valence-electron chi connectivity index (χ2n) is 5.57. The Balaban J connectivity index is 2.34. The smallest absolute Gasteiger partial charge is 0.407 e. The Morgan fingerprint density at radius 1 is 1.35 bits per heavy atom. The van der Waals surface area contributed by atoms with Gasteiger partial charge in [0.05, 0.1) is 0 Å². The van der Waals surface area contributed by atoms with E-state index in [1.165, 1.54) is 12.8 Å². The van der Waals surface area contributed by atoms with Crippen molar-refractivity contribution in [1.29, 1.82) is 0 Å². The number of likely N-dealkylation sites (N-methyl/N-ethyl adjacent to an activating group) is 1. The zero-order valence-corrected chi connectivity index (χ0v) is 11.5. The summed E-state index contributed by atoms with van der Waals surface area (Å²) in [6.45, 7) is 5.07. The number of carbonyl (C=O) groups is 1. The standard InChI is InChI=1S/C13H26N2O2/c1-10(2)12(9-15(3)4)14-13(16)17-11-7-5-6-8-11/h10-12H,5-9H2,1-4H3,(H,14,16). The molecule has 1 unspecified atom stereocenters. The van der Waals surface area contributed by atoms with Gasteiger partial charge in [0.1, 0.15) is 6.10 Å². The summed E-state index contributed by atoms with van der Waals surface area (Å²) in [5.74, 6) is 0.411. The van der Waals surface area contributed by atoms with Crippen LogP contribution in [0.15, 0.2) is 0 Å². The van der Waals surface area contributed by atoms with Crippen molar-refractivity contribution in [3.63, 3.8) is 0 Å². The summed E-state index contributed by atoms with van der Waals surface area (Å²) in [5.41, 5.74) is 0. The lowest BCUT2D eigenvalue weighted by molar-refractivity contribution is 0.0939. The number of alkyl carbamates (subject to hydrolysis) is 1. The molecule has 100 valence electrons. The van der Waals surface area contributed by atoms with Crippen LogP contribution in [-0.4, -0.2) is 43.8 Å². The number of hydrogen-bond acceptors (Lipinski definition) is 3. The quantitative estimate of drug-likeness (QED) is 0.804. The van der Waals surface area contributed by atoms with Crippen molar-refractivity contribution in [2.45, 2.75) is 51.7 Å². The third-order valence-electron chi connectivity index (χ3n) is 3.25. The number of carbonyl (C=O) groups excluding carboxylic acids is 1. The molecule has 0 aliphatic heterocycles. The van der Waals surface area contributed by atoms with Crippen LogP contribution in [-0.2, 0) is 4.74 Å². The number of rotatable bonds is 5. The Bertz CT molecular complexity index is 236. The van der Waals surface area contributed by atoms with Gasteiger partial charge in [-0.15, -0.1) is 0 Å². The number of ether oxygens (including phenoxy) is 1. The van der Waals surface area contributed by atoms with E-state index in [1.54, 1.807) is 0 Å². The van der Waals surface area contributed by atoms with Crippen LogP contribution in [0, 0.1) is 5.92 Å². The molecule has 0 aromatic heterocycles. The molecule has 1 aliphatic carbocycles. The highest BCUT2D eigenvalue weighted by Crippen LogP contribution is 2.21. The molecule has 0 saturated heterocycles. The third-order valence-corrected chi connectivity index (χ3v) is 3.25. The fourth-order valence-electron chi connectivity index (χ4n) is 2.16. The van der Waals surface area contributed by atoms with Crippen molar-refractivity contribution in [2.75, 3.05) is 20.6 Å². The predicted molar refractivity (Wildman–Crippen MR) is 69.1 cm³/mol. The molecule has 4 nitrogen and oxygen atoms in total. The highest BCUT2D eigenvalue weighted by atomic mass is 16.6. The summed E-state index contributed by atoms with van der Waals surface area (Å²) in [7, 11) is 4.03. The molecule has 4 heteroatoms. The van der Waals surface area contributed by atoms with Gasteiger partial charge in [-0.1, -0.05) is 13.8 Å². The van der Waals surface area contributed by atoms with Gasteiger partial charge < -0.3 is 15.0 Å². The van der Waals surface area contributed by atoms with Gasteiger partial charge in [0, 0.05) is 12.6 Å². The van der Waals surface area contributed by atoms with Crippen LogP contribution in [0.5, 0.6) is 0 Å². The fraction of sp³-hybridized carbons (Fsp3) is 0.923. The zero-order chi connectivity index (χ0) is 12.8. The Morgan fingerprint density at radius 2 is 1.94 bits per heavy atom. The molecule has 1 fully saturated rings. The summed E-state index contributed by atoms with van der Waals surface area (Å²) >= 11 is 0. The molecule has 0 bridgehead atoms. The Kier molecular flexibility index (Phi) is 5.75. The maximum atomic E-state index is 11.7. The molecular formula is C13H26N2O2. The highest BCUT2D eigenvalue weighted by Gasteiger charge is 2.22. The number of hydrogen-bond donors (Lipinski definition) is 1. The normalized spacial score (nSPS) is 18.7. The zero-order valence-electron chi connectivity index (χ0n) is 11.5. The van der Waals surface area contributed by atoms with E-state index in [0.29, 0.717) is 5.92 Å². The van der Waals surface area contributed by atoms with Crippen molar-refractivity contribution in [2.24, 2.45) is 5.92 Å². The van der Waals surface area contributed by atoms with Crippen LogP contribution < -0.4 is 5.32 Å².